The van der Waals surface area contributed by atoms with Crippen LogP contribution < -0.4 is 0 Å². The lowest BCUT2D eigenvalue weighted by molar-refractivity contribution is -0.155. The molecule has 1 aliphatic heterocycles. The minimum absolute atomic E-state index is 0.110. The maximum atomic E-state index is 11.3. The number of esters is 2. The van der Waals surface area contributed by atoms with Crippen LogP contribution in [0.2, 0.25) is 0 Å². The first-order valence-corrected chi connectivity index (χ1v) is 4.63. The highest BCUT2D eigenvalue weighted by atomic mass is 16.6. The van der Waals surface area contributed by atoms with Crippen molar-refractivity contribution >= 4 is 18.2 Å². The standard InChI is InChI=1S/C10H8O4/c11-3-6-4-1-2-5(6)8-7(4)9(12)14-10(8)13/h1-8H/t4-,5+,6?,7-,8+. The van der Waals surface area contributed by atoms with E-state index in [-0.39, 0.29) is 17.8 Å². The van der Waals surface area contributed by atoms with Gasteiger partial charge in [-0.2, -0.15) is 0 Å². The van der Waals surface area contributed by atoms with Crippen LogP contribution in [-0.4, -0.2) is 18.2 Å². The SMILES string of the molecule is O=CC1[C@H]2C=C[C@@H]1[C@@H]1C(=O)OC(=O)[C@@H]12. The van der Waals surface area contributed by atoms with Gasteiger partial charge in [-0.25, -0.2) is 0 Å². The van der Waals surface area contributed by atoms with Gasteiger partial charge in [0.1, 0.15) is 6.29 Å². The summed E-state index contributed by atoms with van der Waals surface area (Å²) < 4.78 is 4.57. The smallest absolute Gasteiger partial charge is 0.318 e. The Morgan fingerprint density at radius 2 is 1.57 bits per heavy atom. The predicted octanol–water partition coefficient (Wildman–Crippen LogP) is -0.0669. The van der Waals surface area contributed by atoms with Crippen molar-refractivity contribution in [2.45, 2.75) is 0 Å². The Morgan fingerprint density at radius 1 is 1.07 bits per heavy atom. The van der Waals surface area contributed by atoms with Crippen LogP contribution in [0.3, 0.4) is 0 Å². The van der Waals surface area contributed by atoms with Crippen molar-refractivity contribution in [2.24, 2.45) is 29.6 Å². The third-order valence-corrected chi connectivity index (χ3v) is 3.56. The maximum absolute atomic E-state index is 11.3. The molecule has 3 rings (SSSR count). The van der Waals surface area contributed by atoms with Crippen molar-refractivity contribution in [1.29, 1.82) is 0 Å². The van der Waals surface area contributed by atoms with E-state index in [0.717, 1.165) is 6.29 Å². The van der Waals surface area contributed by atoms with Gasteiger partial charge in [-0.1, -0.05) is 12.2 Å². The van der Waals surface area contributed by atoms with Gasteiger partial charge in [0.25, 0.3) is 0 Å². The van der Waals surface area contributed by atoms with Crippen LogP contribution in [0.1, 0.15) is 0 Å². The Morgan fingerprint density at radius 3 is 2.00 bits per heavy atom. The number of rotatable bonds is 1. The average Bonchev–Trinajstić information content (AvgIpc) is 2.77. The molecular weight excluding hydrogens is 184 g/mol. The van der Waals surface area contributed by atoms with Gasteiger partial charge < -0.3 is 9.53 Å². The molecule has 0 aromatic rings. The molecule has 5 atom stereocenters. The zero-order valence-electron chi connectivity index (χ0n) is 7.25. The highest BCUT2D eigenvalue weighted by Gasteiger charge is 2.62. The minimum Gasteiger partial charge on any atom is -0.393 e. The molecule has 1 heterocycles. The Hall–Kier alpha value is -1.45. The Kier molecular flexibility index (Phi) is 1.31. The summed E-state index contributed by atoms with van der Waals surface area (Å²) in [6.07, 6.45) is 4.59. The Balaban J connectivity index is 2.07. The van der Waals surface area contributed by atoms with E-state index in [1.54, 1.807) is 0 Å². The lowest BCUT2D eigenvalue weighted by atomic mass is 9.85. The molecule has 0 spiro atoms. The number of carbonyl (C=O) groups is 3. The van der Waals surface area contributed by atoms with Gasteiger partial charge >= 0.3 is 11.9 Å². The lowest BCUT2D eigenvalue weighted by Crippen LogP contribution is -2.21. The third-order valence-electron chi connectivity index (χ3n) is 3.56. The molecule has 0 aromatic carbocycles. The van der Waals surface area contributed by atoms with E-state index in [0.29, 0.717) is 0 Å². The van der Waals surface area contributed by atoms with Crippen molar-refractivity contribution in [3.8, 4) is 0 Å². The van der Waals surface area contributed by atoms with Crippen molar-refractivity contribution in [2.75, 3.05) is 0 Å². The van der Waals surface area contributed by atoms with E-state index >= 15 is 0 Å². The van der Waals surface area contributed by atoms with Crippen LogP contribution in [-0.2, 0) is 19.1 Å². The number of aldehydes is 1. The second kappa shape index (κ2) is 2.32. The zero-order chi connectivity index (χ0) is 9.87. The predicted molar refractivity (Wildman–Crippen MR) is 43.8 cm³/mol. The van der Waals surface area contributed by atoms with Crippen molar-refractivity contribution < 1.29 is 19.1 Å². The number of cyclic esters (lactones) is 2. The van der Waals surface area contributed by atoms with Gasteiger partial charge in [-0.3, -0.25) is 9.59 Å². The molecule has 4 nitrogen and oxygen atoms in total. The molecule has 2 fully saturated rings. The van der Waals surface area contributed by atoms with E-state index in [9.17, 15) is 14.4 Å². The second-order valence-corrected chi connectivity index (χ2v) is 4.04. The normalized spacial score (nSPS) is 48.1. The fourth-order valence-corrected chi connectivity index (χ4v) is 2.99. The van der Waals surface area contributed by atoms with Crippen LogP contribution in [0.15, 0.2) is 12.2 Å². The zero-order valence-corrected chi connectivity index (χ0v) is 7.25. The topological polar surface area (TPSA) is 60.4 Å². The van der Waals surface area contributed by atoms with Crippen LogP contribution >= 0.6 is 0 Å². The molecule has 0 N–H and O–H groups in total. The van der Waals surface area contributed by atoms with Gasteiger partial charge in [-0.05, 0) is 0 Å². The summed E-state index contributed by atoms with van der Waals surface area (Å²) in [5, 5.41) is 0. The Labute approximate surface area is 79.9 Å². The van der Waals surface area contributed by atoms with Crippen LogP contribution in [0.5, 0.6) is 0 Å². The summed E-state index contributed by atoms with van der Waals surface area (Å²) in [5.74, 6) is -2.11. The molecule has 72 valence electrons. The molecule has 1 saturated carbocycles. The fraction of sp³-hybridized carbons (Fsp3) is 0.500. The first kappa shape index (κ1) is 7.91. The quantitative estimate of drug-likeness (QED) is 0.252. The molecule has 0 radical (unpaired) electrons. The van der Waals surface area contributed by atoms with Crippen molar-refractivity contribution in [3.63, 3.8) is 0 Å². The average molecular weight is 192 g/mol. The van der Waals surface area contributed by atoms with E-state index in [1.165, 1.54) is 0 Å². The number of fused-ring (bicyclic) bond motifs is 5. The summed E-state index contributed by atoms with van der Waals surface area (Å²) in [6.45, 7) is 0. The molecule has 2 aliphatic carbocycles. The summed E-state index contributed by atoms with van der Waals surface area (Å²) >= 11 is 0. The molecule has 14 heavy (non-hydrogen) atoms. The summed E-state index contributed by atoms with van der Waals surface area (Å²) in [6, 6.07) is 0. The highest BCUT2D eigenvalue weighted by molar-refractivity contribution is 5.98. The molecule has 2 bridgehead atoms. The molecule has 0 amide bonds. The largest absolute Gasteiger partial charge is 0.393 e. The fourth-order valence-electron chi connectivity index (χ4n) is 2.99. The molecule has 1 unspecified atom stereocenters. The van der Waals surface area contributed by atoms with Gasteiger partial charge in [0.2, 0.25) is 0 Å². The Bertz CT molecular complexity index is 340. The number of carbonyl (C=O) groups excluding carboxylic acids is 3. The molecule has 3 aliphatic rings. The summed E-state index contributed by atoms with van der Waals surface area (Å²) in [7, 11) is 0. The molecular formula is C10H8O4. The van der Waals surface area contributed by atoms with E-state index in [2.05, 4.69) is 4.74 Å². The van der Waals surface area contributed by atoms with Gasteiger partial charge in [0, 0.05) is 17.8 Å². The van der Waals surface area contributed by atoms with Crippen LogP contribution in [0, 0.1) is 29.6 Å². The molecule has 0 aromatic heterocycles. The van der Waals surface area contributed by atoms with Crippen LogP contribution in [0.4, 0.5) is 0 Å². The summed E-state index contributed by atoms with van der Waals surface area (Å²) in [4.78, 5) is 33.5. The van der Waals surface area contributed by atoms with Gasteiger partial charge in [-0.15, -0.1) is 0 Å². The van der Waals surface area contributed by atoms with Gasteiger partial charge in [0.15, 0.2) is 0 Å². The third kappa shape index (κ3) is 0.682. The number of hydrogen-bond acceptors (Lipinski definition) is 4. The number of hydrogen-bond donors (Lipinski definition) is 0. The molecule has 1 saturated heterocycles. The van der Waals surface area contributed by atoms with Gasteiger partial charge in [0.05, 0.1) is 11.8 Å². The van der Waals surface area contributed by atoms with Crippen LogP contribution in [0.25, 0.3) is 0 Å². The van der Waals surface area contributed by atoms with E-state index in [4.69, 9.17) is 0 Å². The first-order chi connectivity index (χ1) is 6.74. The van der Waals surface area contributed by atoms with Crippen molar-refractivity contribution in [3.05, 3.63) is 12.2 Å². The highest BCUT2D eigenvalue weighted by Crippen LogP contribution is 2.54. The lowest BCUT2D eigenvalue weighted by Gasteiger charge is -2.12. The first-order valence-electron chi connectivity index (χ1n) is 4.63. The monoisotopic (exact) mass is 192 g/mol. The van der Waals surface area contributed by atoms with E-state index in [1.807, 2.05) is 12.2 Å². The molecule has 4 heteroatoms. The maximum Gasteiger partial charge on any atom is 0.318 e. The summed E-state index contributed by atoms with van der Waals surface area (Å²) in [5.41, 5.74) is 0. The number of ether oxygens (including phenoxy) is 1. The minimum atomic E-state index is -0.455. The van der Waals surface area contributed by atoms with Crippen molar-refractivity contribution in [1.82, 2.24) is 0 Å². The van der Waals surface area contributed by atoms with E-state index < -0.39 is 23.8 Å². The number of allylic oxidation sites excluding steroid dienone is 2. The second-order valence-electron chi connectivity index (χ2n) is 4.04.